The molecule has 0 radical (unpaired) electrons. The molecule has 88 valence electrons. The molecule has 0 aliphatic heterocycles. The van der Waals surface area contributed by atoms with Crippen LogP contribution in [0.2, 0.25) is 5.02 Å². The molecule has 0 heterocycles. The average Bonchev–Trinajstić information content (AvgIpc) is 2.32. The highest BCUT2D eigenvalue weighted by molar-refractivity contribution is 7.91. The third-order valence-corrected chi connectivity index (χ3v) is 4.13. The van der Waals surface area contributed by atoms with E-state index in [1.54, 1.807) is 30.3 Å². The van der Waals surface area contributed by atoms with Crippen LogP contribution in [-0.4, -0.2) is 9.66 Å². The third kappa shape index (κ3) is 2.49. The highest BCUT2D eigenvalue weighted by Gasteiger charge is 2.18. The van der Waals surface area contributed by atoms with E-state index in [9.17, 15) is 9.66 Å². The van der Waals surface area contributed by atoms with E-state index in [4.69, 9.17) is 17.3 Å². The molecule has 0 spiro atoms. The van der Waals surface area contributed by atoms with Gasteiger partial charge in [-0.05, 0) is 24.3 Å². The summed E-state index contributed by atoms with van der Waals surface area (Å²) in [6, 6.07) is 11.4. The summed E-state index contributed by atoms with van der Waals surface area (Å²) in [6.07, 6.45) is 0. The van der Waals surface area contributed by atoms with Crippen LogP contribution in [0.15, 0.2) is 52.3 Å². The van der Waals surface area contributed by atoms with Crippen molar-refractivity contribution < 1.29 is 9.66 Å². The monoisotopic (exact) mass is 267 g/mol. The first kappa shape index (κ1) is 12.1. The number of halogens is 1. The predicted octanol–water partition coefficient (Wildman–Crippen LogP) is 2.79. The van der Waals surface area contributed by atoms with Crippen LogP contribution in [0.5, 0.6) is 5.75 Å². The maximum atomic E-state index is 12.2. The Kier molecular flexibility index (Phi) is 3.47. The SMILES string of the molecule is Nc1cc([S+]([O-])c2ccccc2Cl)ccc1O. The fourth-order valence-corrected chi connectivity index (χ4v) is 2.84. The molecule has 3 N–H and O–H groups in total. The van der Waals surface area contributed by atoms with Crippen molar-refractivity contribution in [1.29, 1.82) is 0 Å². The first-order valence-electron chi connectivity index (χ1n) is 4.84. The van der Waals surface area contributed by atoms with Gasteiger partial charge in [-0.2, -0.15) is 0 Å². The second kappa shape index (κ2) is 4.87. The summed E-state index contributed by atoms with van der Waals surface area (Å²) in [5.41, 5.74) is 5.75. The maximum absolute atomic E-state index is 12.2. The number of hydrogen-bond donors (Lipinski definition) is 2. The number of nitrogens with two attached hydrogens (primary N) is 1. The molecule has 2 aromatic carbocycles. The number of nitrogen functional groups attached to an aromatic ring is 1. The van der Waals surface area contributed by atoms with Crippen LogP contribution in [0.3, 0.4) is 0 Å². The molecule has 3 nitrogen and oxygen atoms in total. The van der Waals surface area contributed by atoms with Crippen LogP contribution in [-0.2, 0) is 11.2 Å². The summed E-state index contributed by atoms with van der Waals surface area (Å²) in [6.45, 7) is 0. The van der Waals surface area contributed by atoms with Gasteiger partial charge in [-0.1, -0.05) is 23.7 Å². The highest BCUT2D eigenvalue weighted by atomic mass is 35.5. The molecule has 2 rings (SSSR count). The van der Waals surface area contributed by atoms with Gasteiger partial charge < -0.3 is 15.4 Å². The first-order chi connectivity index (χ1) is 8.09. The number of phenols is 1. The summed E-state index contributed by atoms with van der Waals surface area (Å²) in [7, 11) is 0. The lowest BCUT2D eigenvalue weighted by atomic mass is 10.3. The number of rotatable bonds is 2. The summed E-state index contributed by atoms with van der Waals surface area (Å²) in [5.74, 6) is -0.0232. The predicted molar refractivity (Wildman–Crippen MR) is 68.6 cm³/mol. The number of hydrogen-bond acceptors (Lipinski definition) is 3. The molecule has 1 atom stereocenters. The van der Waals surface area contributed by atoms with E-state index in [1.165, 1.54) is 12.1 Å². The van der Waals surface area contributed by atoms with E-state index in [0.717, 1.165) is 0 Å². The van der Waals surface area contributed by atoms with Gasteiger partial charge >= 0.3 is 0 Å². The molecule has 5 heteroatoms. The lowest BCUT2D eigenvalue weighted by Gasteiger charge is -2.11. The zero-order chi connectivity index (χ0) is 12.4. The van der Waals surface area contributed by atoms with Crippen molar-refractivity contribution in [3.63, 3.8) is 0 Å². The fraction of sp³-hybridized carbons (Fsp3) is 0. The van der Waals surface area contributed by atoms with E-state index < -0.39 is 11.2 Å². The van der Waals surface area contributed by atoms with Gasteiger partial charge in [0, 0.05) is 17.2 Å². The average molecular weight is 268 g/mol. The molecular formula is C12H10ClNO2S. The van der Waals surface area contributed by atoms with E-state index in [2.05, 4.69) is 0 Å². The van der Waals surface area contributed by atoms with Crippen molar-refractivity contribution in [2.45, 2.75) is 9.79 Å². The normalized spacial score (nSPS) is 12.4. The molecule has 0 aromatic heterocycles. The largest absolute Gasteiger partial charge is 0.606 e. The lowest BCUT2D eigenvalue weighted by Crippen LogP contribution is -2.03. The summed E-state index contributed by atoms with van der Waals surface area (Å²) < 4.78 is 12.2. The fourth-order valence-electron chi connectivity index (χ4n) is 1.37. The molecule has 0 aliphatic carbocycles. The van der Waals surface area contributed by atoms with Gasteiger partial charge in [-0.3, -0.25) is 0 Å². The Morgan fingerprint density at radius 2 is 1.88 bits per heavy atom. The smallest absolute Gasteiger partial charge is 0.177 e. The number of aromatic hydroxyl groups is 1. The molecule has 0 saturated carbocycles. The van der Waals surface area contributed by atoms with Gasteiger partial charge in [0.15, 0.2) is 9.79 Å². The van der Waals surface area contributed by atoms with Gasteiger partial charge in [0.2, 0.25) is 0 Å². The van der Waals surface area contributed by atoms with Crippen LogP contribution in [0.4, 0.5) is 5.69 Å². The Morgan fingerprint density at radius 3 is 2.53 bits per heavy atom. The molecule has 17 heavy (non-hydrogen) atoms. The third-order valence-electron chi connectivity index (χ3n) is 2.25. The minimum Gasteiger partial charge on any atom is -0.606 e. The van der Waals surface area contributed by atoms with Gasteiger partial charge in [0.05, 0.1) is 10.7 Å². The second-order valence-corrected chi connectivity index (χ2v) is 5.28. The van der Waals surface area contributed by atoms with Crippen LogP contribution in [0, 0.1) is 0 Å². The molecular weight excluding hydrogens is 258 g/mol. The Labute approximate surface area is 107 Å². The minimum atomic E-state index is -1.40. The minimum absolute atomic E-state index is 0.0232. The van der Waals surface area contributed by atoms with Crippen LogP contribution < -0.4 is 5.73 Å². The van der Waals surface area contributed by atoms with Gasteiger partial charge in [-0.25, -0.2) is 0 Å². The molecule has 2 aromatic rings. The number of phenolic OH excluding ortho intramolecular Hbond substituents is 1. The summed E-state index contributed by atoms with van der Waals surface area (Å²) in [5, 5.41) is 9.74. The number of benzene rings is 2. The van der Waals surface area contributed by atoms with Crippen LogP contribution in [0.25, 0.3) is 0 Å². The Hall–Kier alpha value is -1.36. The summed E-state index contributed by atoms with van der Waals surface area (Å²) >= 11 is 4.57. The van der Waals surface area contributed by atoms with Crippen LogP contribution >= 0.6 is 11.6 Å². The van der Waals surface area contributed by atoms with Gasteiger partial charge in [0.1, 0.15) is 5.75 Å². The maximum Gasteiger partial charge on any atom is 0.177 e. The van der Waals surface area contributed by atoms with Crippen molar-refractivity contribution in [2.24, 2.45) is 0 Å². The van der Waals surface area contributed by atoms with Gasteiger partial charge in [0.25, 0.3) is 0 Å². The Bertz CT molecular complexity index is 548. The summed E-state index contributed by atoms with van der Waals surface area (Å²) in [4.78, 5) is 1.03. The Morgan fingerprint density at radius 1 is 1.18 bits per heavy atom. The quantitative estimate of drug-likeness (QED) is 0.499. The molecule has 0 saturated heterocycles. The molecule has 0 bridgehead atoms. The molecule has 0 fully saturated rings. The van der Waals surface area contributed by atoms with Crippen molar-refractivity contribution >= 4 is 28.5 Å². The van der Waals surface area contributed by atoms with E-state index in [0.29, 0.717) is 14.8 Å². The van der Waals surface area contributed by atoms with Crippen molar-refractivity contribution in [3.8, 4) is 5.75 Å². The molecule has 0 amide bonds. The van der Waals surface area contributed by atoms with E-state index in [-0.39, 0.29) is 11.4 Å². The van der Waals surface area contributed by atoms with Crippen LogP contribution in [0.1, 0.15) is 0 Å². The molecule has 1 unspecified atom stereocenters. The highest BCUT2D eigenvalue weighted by Crippen LogP contribution is 2.30. The topological polar surface area (TPSA) is 69.3 Å². The standard InChI is InChI=1S/C12H10ClNO2S/c13-9-3-1-2-4-12(9)17(16)8-5-6-11(15)10(14)7-8/h1-7,15H,14H2. The zero-order valence-electron chi connectivity index (χ0n) is 8.76. The van der Waals surface area contributed by atoms with Crippen molar-refractivity contribution in [1.82, 2.24) is 0 Å². The zero-order valence-corrected chi connectivity index (χ0v) is 10.3. The van der Waals surface area contributed by atoms with E-state index >= 15 is 0 Å². The second-order valence-electron chi connectivity index (χ2n) is 3.42. The Balaban J connectivity index is 2.40. The van der Waals surface area contributed by atoms with E-state index in [1.807, 2.05) is 0 Å². The van der Waals surface area contributed by atoms with Crippen molar-refractivity contribution in [3.05, 3.63) is 47.5 Å². The lowest BCUT2D eigenvalue weighted by molar-refractivity contribution is 0.477. The van der Waals surface area contributed by atoms with Crippen molar-refractivity contribution in [2.75, 3.05) is 5.73 Å². The van der Waals surface area contributed by atoms with Gasteiger partial charge in [-0.15, -0.1) is 0 Å². The molecule has 0 aliphatic rings. The first-order valence-corrected chi connectivity index (χ1v) is 6.37. The number of anilines is 1.